The first-order valence-electron chi connectivity index (χ1n) is 6.32. The van der Waals surface area contributed by atoms with Crippen LogP contribution in [0, 0.1) is 0 Å². The van der Waals surface area contributed by atoms with E-state index in [9.17, 15) is 0 Å². The zero-order chi connectivity index (χ0) is 13.7. The van der Waals surface area contributed by atoms with Crippen LogP contribution >= 0.6 is 22.9 Å². The molecule has 102 valence electrons. The fourth-order valence-corrected chi connectivity index (χ4v) is 2.76. The van der Waals surface area contributed by atoms with E-state index in [1.165, 1.54) is 4.88 Å². The monoisotopic (exact) mass is 295 g/mol. The van der Waals surface area contributed by atoms with Crippen molar-refractivity contribution in [3.63, 3.8) is 0 Å². The average Bonchev–Trinajstić information content (AvgIpc) is 2.89. The van der Waals surface area contributed by atoms with Crippen molar-refractivity contribution in [2.24, 2.45) is 5.73 Å². The number of rotatable bonds is 6. The first-order valence-corrected chi connectivity index (χ1v) is 7.57. The van der Waals surface area contributed by atoms with E-state index in [2.05, 4.69) is 17.5 Å². The van der Waals surface area contributed by atoms with Crippen molar-refractivity contribution in [1.29, 1.82) is 0 Å². The van der Waals surface area contributed by atoms with E-state index in [-0.39, 0.29) is 12.1 Å². The SMILES string of the molecule is CC(N)C(OCCc1cccs1)c1ccc(Cl)cc1. The maximum atomic E-state index is 6.01. The topological polar surface area (TPSA) is 35.2 Å². The highest BCUT2D eigenvalue weighted by Crippen LogP contribution is 2.23. The van der Waals surface area contributed by atoms with E-state index in [4.69, 9.17) is 22.1 Å². The van der Waals surface area contributed by atoms with E-state index < -0.39 is 0 Å². The van der Waals surface area contributed by atoms with Crippen LogP contribution in [-0.2, 0) is 11.2 Å². The van der Waals surface area contributed by atoms with Crippen molar-refractivity contribution in [3.05, 3.63) is 57.2 Å². The Hall–Kier alpha value is -0.870. The molecule has 0 spiro atoms. The van der Waals surface area contributed by atoms with Crippen molar-refractivity contribution in [3.8, 4) is 0 Å². The number of hydrogen-bond donors (Lipinski definition) is 1. The Morgan fingerprint density at radius 1 is 1.26 bits per heavy atom. The van der Waals surface area contributed by atoms with Crippen LogP contribution in [0.1, 0.15) is 23.5 Å². The summed E-state index contributed by atoms with van der Waals surface area (Å²) in [6, 6.07) is 11.8. The van der Waals surface area contributed by atoms with Gasteiger partial charge in [0, 0.05) is 22.4 Å². The van der Waals surface area contributed by atoms with Crippen LogP contribution in [0.3, 0.4) is 0 Å². The highest BCUT2D eigenvalue weighted by atomic mass is 35.5. The summed E-state index contributed by atoms with van der Waals surface area (Å²) in [6.07, 6.45) is 0.839. The lowest BCUT2D eigenvalue weighted by Crippen LogP contribution is -2.27. The van der Waals surface area contributed by atoms with Gasteiger partial charge in [0.25, 0.3) is 0 Å². The molecule has 1 aromatic heterocycles. The molecule has 2 aromatic rings. The number of halogens is 1. The molecule has 0 saturated heterocycles. The Morgan fingerprint density at radius 2 is 2.00 bits per heavy atom. The summed E-state index contributed by atoms with van der Waals surface area (Å²) in [5.74, 6) is 0. The van der Waals surface area contributed by atoms with Crippen LogP contribution in [-0.4, -0.2) is 12.6 Å². The maximum Gasteiger partial charge on any atom is 0.0973 e. The van der Waals surface area contributed by atoms with Gasteiger partial charge in [0.05, 0.1) is 12.7 Å². The predicted molar refractivity (Wildman–Crippen MR) is 81.8 cm³/mol. The lowest BCUT2D eigenvalue weighted by molar-refractivity contribution is 0.0406. The van der Waals surface area contributed by atoms with Gasteiger partial charge in [-0.05, 0) is 36.1 Å². The summed E-state index contributed by atoms with van der Waals surface area (Å²) in [4.78, 5) is 1.33. The summed E-state index contributed by atoms with van der Waals surface area (Å²) in [7, 11) is 0. The molecule has 0 aliphatic carbocycles. The molecule has 2 rings (SSSR count). The molecular formula is C15H18ClNOS. The third-order valence-electron chi connectivity index (χ3n) is 2.90. The summed E-state index contributed by atoms with van der Waals surface area (Å²) in [5.41, 5.74) is 7.09. The minimum atomic E-state index is -0.0859. The number of hydrogen-bond acceptors (Lipinski definition) is 3. The quantitative estimate of drug-likeness (QED) is 0.872. The molecule has 2 atom stereocenters. The first-order chi connectivity index (χ1) is 9.16. The van der Waals surface area contributed by atoms with Gasteiger partial charge in [0.15, 0.2) is 0 Å². The molecule has 2 unspecified atom stereocenters. The van der Waals surface area contributed by atoms with Crippen LogP contribution in [0.25, 0.3) is 0 Å². The summed E-state index contributed by atoms with van der Waals surface area (Å²) in [6.45, 7) is 2.64. The molecule has 1 heterocycles. The second-order valence-corrected chi connectivity index (χ2v) is 6.00. The van der Waals surface area contributed by atoms with E-state index >= 15 is 0 Å². The van der Waals surface area contributed by atoms with Crippen molar-refractivity contribution in [2.75, 3.05) is 6.61 Å². The number of ether oxygens (including phenoxy) is 1. The Morgan fingerprint density at radius 3 is 2.58 bits per heavy atom. The summed E-state index contributed by atoms with van der Waals surface area (Å²) in [5, 5.41) is 2.81. The van der Waals surface area contributed by atoms with Crippen LogP contribution in [0.15, 0.2) is 41.8 Å². The molecule has 0 radical (unpaired) electrons. The predicted octanol–water partition coefficient (Wildman–Crippen LogP) is 4.05. The Balaban J connectivity index is 1.94. The van der Waals surface area contributed by atoms with Crippen molar-refractivity contribution in [2.45, 2.75) is 25.5 Å². The van der Waals surface area contributed by atoms with E-state index in [1.54, 1.807) is 11.3 Å². The van der Waals surface area contributed by atoms with Crippen LogP contribution < -0.4 is 5.73 Å². The molecule has 1 aromatic carbocycles. The van der Waals surface area contributed by atoms with Gasteiger partial charge in [-0.25, -0.2) is 0 Å². The number of benzene rings is 1. The van der Waals surface area contributed by atoms with E-state index in [0.29, 0.717) is 6.61 Å². The van der Waals surface area contributed by atoms with Crippen LogP contribution in [0.4, 0.5) is 0 Å². The molecular weight excluding hydrogens is 278 g/mol. The average molecular weight is 296 g/mol. The molecule has 4 heteroatoms. The third-order valence-corrected chi connectivity index (χ3v) is 4.09. The molecule has 0 aliphatic rings. The molecule has 0 fully saturated rings. The molecule has 0 amide bonds. The molecule has 0 bridgehead atoms. The lowest BCUT2D eigenvalue weighted by atomic mass is 10.0. The molecule has 0 aliphatic heterocycles. The van der Waals surface area contributed by atoms with Gasteiger partial charge in [0.2, 0.25) is 0 Å². The lowest BCUT2D eigenvalue weighted by Gasteiger charge is -2.22. The zero-order valence-corrected chi connectivity index (χ0v) is 12.5. The Labute approximate surface area is 123 Å². The second-order valence-electron chi connectivity index (χ2n) is 4.53. The number of nitrogens with two attached hydrogens (primary N) is 1. The number of thiophene rings is 1. The van der Waals surface area contributed by atoms with E-state index in [0.717, 1.165) is 17.0 Å². The minimum absolute atomic E-state index is 0.0514. The van der Waals surface area contributed by atoms with Crippen molar-refractivity contribution in [1.82, 2.24) is 0 Å². The second kappa shape index (κ2) is 7.06. The highest BCUT2D eigenvalue weighted by Gasteiger charge is 2.16. The summed E-state index contributed by atoms with van der Waals surface area (Å²) >= 11 is 7.65. The van der Waals surface area contributed by atoms with Gasteiger partial charge in [0.1, 0.15) is 0 Å². The van der Waals surface area contributed by atoms with Crippen LogP contribution in [0.5, 0.6) is 0 Å². The van der Waals surface area contributed by atoms with Gasteiger partial charge in [-0.3, -0.25) is 0 Å². The fraction of sp³-hybridized carbons (Fsp3) is 0.333. The zero-order valence-electron chi connectivity index (χ0n) is 10.9. The van der Waals surface area contributed by atoms with Gasteiger partial charge >= 0.3 is 0 Å². The fourth-order valence-electron chi connectivity index (χ4n) is 1.95. The largest absolute Gasteiger partial charge is 0.372 e. The summed E-state index contributed by atoms with van der Waals surface area (Å²) < 4.78 is 5.94. The van der Waals surface area contributed by atoms with Crippen LogP contribution in [0.2, 0.25) is 5.02 Å². The molecule has 19 heavy (non-hydrogen) atoms. The van der Waals surface area contributed by atoms with Crippen molar-refractivity contribution >= 4 is 22.9 Å². The minimum Gasteiger partial charge on any atom is -0.372 e. The van der Waals surface area contributed by atoms with Gasteiger partial charge in [-0.15, -0.1) is 11.3 Å². The van der Waals surface area contributed by atoms with E-state index in [1.807, 2.05) is 31.2 Å². The van der Waals surface area contributed by atoms with Gasteiger partial charge < -0.3 is 10.5 Å². The molecule has 0 saturated carbocycles. The first kappa shape index (κ1) is 14.5. The Kier molecular flexibility index (Phi) is 5.40. The third kappa shape index (κ3) is 4.32. The van der Waals surface area contributed by atoms with Gasteiger partial charge in [-0.1, -0.05) is 29.8 Å². The van der Waals surface area contributed by atoms with Crippen molar-refractivity contribution < 1.29 is 4.74 Å². The highest BCUT2D eigenvalue weighted by molar-refractivity contribution is 7.09. The Bertz CT molecular complexity index is 481. The molecule has 2 N–H and O–H groups in total. The smallest absolute Gasteiger partial charge is 0.0973 e. The van der Waals surface area contributed by atoms with Gasteiger partial charge in [-0.2, -0.15) is 0 Å². The standard InChI is InChI=1S/C15H18ClNOS/c1-11(17)15(12-4-6-13(16)7-5-12)18-9-8-14-3-2-10-19-14/h2-7,10-11,15H,8-9,17H2,1H3. The normalized spacial score (nSPS) is 14.3. The molecule has 2 nitrogen and oxygen atoms in total. The maximum absolute atomic E-state index is 6.01.